The SMILES string of the molecule is CCn1c(-c2cc(NC(=O)c3ccc(C)cc3)n[nH]2)c(C)c2ccccc21. The van der Waals surface area contributed by atoms with E-state index in [1.165, 1.54) is 16.5 Å². The van der Waals surface area contributed by atoms with Crippen LogP contribution in [0.15, 0.2) is 54.6 Å². The topological polar surface area (TPSA) is 62.7 Å². The van der Waals surface area contributed by atoms with Crippen LogP contribution >= 0.6 is 0 Å². The molecule has 0 aliphatic carbocycles. The van der Waals surface area contributed by atoms with Crippen molar-refractivity contribution >= 4 is 22.6 Å². The molecule has 2 aromatic heterocycles. The number of H-pyrrole nitrogens is 1. The molecule has 2 aromatic carbocycles. The number of rotatable bonds is 4. The van der Waals surface area contributed by atoms with Crippen molar-refractivity contribution in [2.45, 2.75) is 27.3 Å². The smallest absolute Gasteiger partial charge is 0.256 e. The third-order valence-electron chi connectivity index (χ3n) is 4.93. The van der Waals surface area contributed by atoms with Gasteiger partial charge >= 0.3 is 0 Å². The van der Waals surface area contributed by atoms with Gasteiger partial charge < -0.3 is 9.88 Å². The van der Waals surface area contributed by atoms with Gasteiger partial charge in [-0.25, -0.2) is 0 Å². The first-order chi connectivity index (χ1) is 13.1. The van der Waals surface area contributed by atoms with Crippen molar-refractivity contribution in [3.63, 3.8) is 0 Å². The fraction of sp³-hybridized carbons (Fsp3) is 0.182. The van der Waals surface area contributed by atoms with E-state index in [9.17, 15) is 4.79 Å². The molecule has 0 aliphatic heterocycles. The highest BCUT2D eigenvalue weighted by Crippen LogP contribution is 2.33. The first-order valence-electron chi connectivity index (χ1n) is 9.10. The van der Waals surface area contributed by atoms with Crippen LogP contribution in [-0.4, -0.2) is 20.7 Å². The Morgan fingerprint density at radius 1 is 1.11 bits per heavy atom. The molecule has 5 nitrogen and oxygen atoms in total. The Hall–Kier alpha value is -3.34. The zero-order valence-electron chi connectivity index (χ0n) is 15.7. The van der Waals surface area contributed by atoms with E-state index in [0.717, 1.165) is 23.5 Å². The molecule has 2 heterocycles. The third kappa shape index (κ3) is 3.01. The van der Waals surface area contributed by atoms with Crippen molar-refractivity contribution in [3.8, 4) is 11.4 Å². The second-order valence-corrected chi connectivity index (χ2v) is 6.72. The summed E-state index contributed by atoms with van der Waals surface area (Å²) >= 11 is 0. The van der Waals surface area contributed by atoms with Crippen molar-refractivity contribution in [2.75, 3.05) is 5.32 Å². The van der Waals surface area contributed by atoms with Crippen LogP contribution in [0.2, 0.25) is 0 Å². The van der Waals surface area contributed by atoms with E-state index >= 15 is 0 Å². The van der Waals surface area contributed by atoms with Crippen LogP contribution < -0.4 is 5.32 Å². The molecule has 0 bridgehead atoms. The average molecular weight is 358 g/mol. The van der Waals surface area contributed by atoms with Gasteiger partial charge in [-0.2, -0.15) is 5.10 Å². The van der Waals surface area contributed by atoms with Crippen LogP contribution in [-0.2, 0) is 6.54 Å². The van der Waals surface area contributed by atoms with Crippen LogP contribution in [0.1, 0.15) is 28.4 Å². The number of nitrogens with one attached hydrogen (secondary N) is 2. The molecule has 0 fully saturated rings. The highest BCUT2D eigenvalue weighted by atomic mass is 16.1. The molecule has 0 saturated heterocycles. The standard InChI is InChI=1S/C22H22N4O/c1-4-26-19-8-6-5-7-17(19)15(3)21(26)18-13-20(25-24-18)23-22(27)16-11-9-14(2)10-12-16/h5-13H,4H2,1-3H3,(H2,23,24,25,27). The summed E-state index contributed by atoms with van der Waals surface area (Å²) in [6, 6.07) is 17.7. The van der Waals surface area contributed by atoms with Crippen molar-refractivity contribution in [3.05, 3.63) is 71.3 Å². The number of benzene rings is 2. The molecule has 0 saturated carbocycles. The van der Waals surface area contributed by atoms with Gasteiger partial charge in [0.25, 0.3) is 5.91 Å². The van der Waals surface area contributed by atoms with E-state index in [-0.39, 0.29) is 5.91 Å². The van der Waals surface area contributed by atoms with Gasteiger partial charge in [0.15, 0.2) is 5.82 Å². The first kappa shape index (κ1) is 17.1. The normalized spacial score (nSPS) is 11.1. The number of nitrogens with zero attached hydrogens (tertiary/aromatic N) is 2. The van der Waals surface area contributed by atoms with Crippen molar-refractivity contribution < 1.29 is 4.79 Å². The molecule has 0 radical (unpaired) electrons. The number of anilines is 1. The third-order valence-corrected chi connectivity index (χ3v) is 4.93. The van der Waals surface area contributed by atoms with Crippen LogP contribution in [0.5, 0.6) is 0 Å². The number of carbonyl (C=O) groups excluding carboxylic acids is 1. The molecule has 0 spiro atoms. The summed E-state index contributed by atoms with van der Waals surface area (Å²) in [7, 11) is 0. The van der Waals surface area contributed by atoms with Crippen molar-refractivity contribution in [1.82, 2.24) is 14.8 Å². The minimum atomic E-state index is -0.166. The second-order valence-electron chi connectivity index (χ2n) is 6.72. The fourth-order valence-corrected chi connectivity index (χ4v) is 3.55. The summed E-state index contributed by atoms with van der Waals surface area (Å²) in [5.74, 6) is 0.351. The molecule has 0 aliphatic rings. The summed E-state index contributed by atoms with van der Waals surface area (Å²) < 4.78 is 2.27. The summed E-state index contributed by atoms with van der Waals surface area (Å²) in [5, 5.41) is 11.5. The molecule has 1 amide bonds. The lowest BCUT2D eigenvalue weighted by Gasteiger charge is -2.06. The molecule has 0 unspecified atom stereocenters. The zero-order valence-corrected chi connectivity index (χ0v) is 15.7. The molecular formula is C22H22N4O. The molecule has 4 rings (SSSR count). The number of fused-ring (bicyclic) bond motifs is 1. The number of aromatic amines is 1. The molecule has 136 valence electrons. The quantitative estimate of drug-likeness (QED) is 0.544. The van der Waals surface area contributed by atoms with E-state index in [1.807, 2.05) is 37.3 Å². The Morgan fingerprint density at radius 2 is 1.85 bits per heavy atom. The minimum Gasteiger partial charge on any atom is -0.339 e. The average Bonchev–Trinajstić information content (AvgIpc) is 3.24. The summed E-state index contributed by atoms with van der Waals surface area (Å²) in [4.78, 5) is 12.4. The highest BCUT2D eigenvalue weighted by Gasteiger charge is 2.17. The number of aromatic nitrogens is 3. The van der Waals surface area contributed by atoms with Gasteiger partial charge in [-0.3, -0.25) is 9.89 Å². The lowest BCUT2D eigenvalue weighted by molar-refractivity contribution is 0.102. The molecule has 4 aromatic rings. The number of hydrogen-bond donors (Lipinski definition) is 2. The number of amides is 1. The van der Waals surface area contributed by atoms with Crippen LogP contribution in [0.3, 0.4) is 0 Å². The zero-order chi connectivity index (χ0) is 19.0. The van der Waals surface area contributed by atoms with Gasteiger partial charge in [-0.15, -0.1) is 0 Å². The van der Waals surface area contributed by atoms with Gasteiger partial charge in [0, 0.05) is 29.1 Å². The largest absolute Gasteiger partial charge is 0.339 e. The predicted octanol–water partition coefficient (Wildman–Crippen LogP) is 4.92. The maximum atomic E-state index is 12.4. The monoisotopic (exact) mass is 358 g/mol. The summed E-state index contributed by atoms with van der Waals surface area (Å²) in [6.45, 7) is 7.10. The van der Waals surface area contributed by atoms with Gasteiger partial charge in [-0.1, -0.05) is 35.9 Å². The van der Waals surface area contributed by atoms with E-state index < -0.39 is 0 Å². The molecular weight excluding hydrogens is 336 g/mol. The Balaban J connectivity index is 1.67. The second kappa shape index (κ2) is 6.76. The van der Waals surface area contributed by atoms with E-state index in [0.29, 0.717) is 11.4 Å². The number of hydrogen-bond acceptors (Lipinski definition) is 2. The highest BCUT2D eigenvalue weighted by molar-refractivity contribution is 6.04. The molecule has 0 atom stereocenters. The Morgan fingerprint density at radius 3 is 2.59 bits per heavy atom. The maximum Gasteiger partial charge on any atom is 0.256 e. The maximum absolute atomic E-state index is 12.4. The Labute approximate surface area is 158 Å². The van der Waals surface area contributed by atoms with E-state index in [2.05, 4.69) is 58.2 Å². The number of para-hydroxylation sites is 1. The molecule has 5 heteroatoms. The van der Waals surface area contributed by atoms with Crippen molar-refractivity contribution in [2.24, 2.45) is 0 Å². The van der Waals surface area contributed by atoms with Crippen LogP contribution in [0, 0.1) is 13.8 Å². The van der Waals surface area contributed by atoms with E-state index in [4.69, 9.17) is 0 Å². The lowest BCUT2D eigenvalue weighted by Crippen LogP contribution is -2.11. The van der Waals surface area contributed by atoms with Gasteiger partial charge in [-0.05, 0) is 44.5 Å². The predicted molar refractivity (Wildman–Crippen MR) is 109 cm³/mol. The van der Waals surface area contributed by atoms with Crippen LogP contribution in [0.25, 0.3) is 22.3 Å². The molecule has 2 N–H and O–H groups in total. The van der Waals surface area contributed by atoms with Gasteiger partial charge in [0.05, 0.1) is 11.4 Å². The van der Waals surface area contributed by atoms with Gasteiger partial charge in [0.1, 0.15) is 0 Å². The lowest BCUT2D eigenvalue weighted by atomic mass is 10.1. The fourth-order valence-electron chi connectivity index (χ4n) is 3.55. The van der Waals surface area contributed by atoms with Crippen LogP contribution in [0.4, 0.5) is 5.82 Å². The Bertz CT molecular complexity index is 1120. The van der Waals surface area contributed by atoms with E-state index in [1.54, 1.807) is 0 Å². The first-order valence-corrected chi connectivity index (χ1v) is 9.10. The summed E-state index contributed by atoms with van der Waals surface area (Å²) in [6.07, 6.45) is 0. The minimum absolute atomic E-state index is 0.166. The van der Waals surface area contributed by atoms with Crippen molar-refractivity contribution in [1.29, 1.82) is 0 Å². The van der Waals surface area contributed by atoms with Gasteiger partial charge in [0.2, 0.25) is 0 Å². The molecule has 27 heavy (non-hydrogen) atoms. The number of carbonyl (C=O) groups is 1. The summed E-state index contributed by atoms with van der Waals surface area (Å²) in [5.41, 5.74) is 6.13. The Kier molecular flexibility index (Phi) is 4.28. The number of aryl methyl sites for hydroxylation is 3.